The maximum atomic E-state index is 12.4. The van der Waals surface area contributed by atoms with Gasteiger partial charge in [-0.05, 0) is 54.7 Å². The molecule has 0 bridgehead atoms. The SMILES string of the molecule is O=C(Nc1nc2ccc(NC(=S)NC(=O)c3cccc(Cl)c3Cl)cc2s1)c1ccco1. The molecule has 156 valence electrons. The van der Waals surface area contributed by atoms with Crippen molar-refractivity contribution < 1.29 is 14.0 Å². The lowest BCUT2D eigenvalue weighted by Crippen LogP contribution is -2.34. The van der Waals surface area contributed by atoms with Crippen LogP contribution in [0.15, 0.2) is 59.2 Å². The van der Waals surface area contributed by atoms with Gasteiger partial charge in [-0.2, -0.15) is 0 Å². The lowest BCUT2D eigenvalue weighted by Gasteiger charge is -2.10. The molecule has 2 amide bonds. The van der Waals surface area contributed by atoms with Crippen LogP contribution in [0.4, 0.5) is 10.8 Å². The van der Waals surface area contributed by atoms with Gasteiger partial charge in [-0.25, -0.2) is 4.98 Å². The van der Waals surface area contributed by atoms with E-state index in [9.17, 15) is 9.59 Å². The molecule has 2 heterocycles. The quantitative estimate of drug-likeness (QED) is 0.323. The number of thiocarbonyl (C=S) groups is 1. The molecular weight excluding hydrogens is 479 g/mol. The Labute approximate surface area is 195 Å². The number of hydrogen-bond donors (Lipinski definition) is 3. The topological polar surface area (TPSA) is 96.3 Å². The molecule has 0 fully saturated rings. The zero-order chi connectivity index (χ0) is 22.0. The number of carbonyl (C=O) groups is 2. The molecule has 0 saturated carbocycles. The number of aromatic nitrogens is 1. The van der Waals surface area contributed by atoms with E-state index in [0.29, 0.717) is 16.3 Å². The van der Waals surface area contributed by atoms with Crippen molar-refractivity contribution in [2.24, 2.45) is 0 Å². The molecular formula is C20H12Cl2N4O3S2. The van der Waals surface area contributed by atoms with E-state index in [1.165, 1.54) is 17.6 Å². The zero-order valence-corrected chi connectivity index (χ0v) is 18.6. The summed E-state index contributed by atoms with van der Waals surface area (Å²) in [6.07, 6.45) is 1.42. The van der Waals surface area contributed by atoms with Crippen LogP contribution in [0.3, 0.4) is 0 Å². The van der Waals surface area contributed by atoms with Crippen LogP contribution in [-0.4, -0.2) is 21.9 Å². The van der Waals surface area contributed by atoms with Gasteiger partial charge in [0.1, 0.15) is 0 Å². The first-order valence-corrected chi connectivity index (χ1v) is 10.7. The largest absolute Gasteiger partial charge is 0.459 e. The van der Waals surface area contributed by atoms with Crippen LogP contribution in [0.1, 0.15) is 20.9 Å². The standard InChI is InChI=1S/C20H12Cl2N4O3S2/c21-12-4-1-3-11(16(12)22)17(27)25-19(30)23-10-6-7-13-15(9-10)31-20(24-13)26-18(28)14-5-2-8-29-14/h1-9H,(H,24,26,28)(H2,23,25,27,30). The van der Waals surface area contributed by atoms with Crippen LogP contribution < -0.4 is 16.0 Å². The van der Waals surface area contributed by atoms with Crippen molar-refractivity contribution in [1.82, 2.24) is 10.3 Å². The molecule has 7 nitrogen and oxygen atoms in total. The monoisotopic (exact) mass is 490 g/mol. The minimum Gasteiger partial charge on any atom is -0.459 e. The fourth-order valence-corrected chi connectivity index (χ4v) is 4.13. The van der Waals surface area contributed by atoms with Gasteiger partial charge >= 0.3 is 0 Å². The Kier molecular flexibility index (Phi) is 6.19. The fraction of sp³-hybridized carbons (Fsp3) is 0. The molecule has 31 heavy (non-hydrogen) atoms. The van der Waals surface area contributed by atoms with Crippen LogP contribution in [0.2, 0.25) is 10.0 Å². The van der Waals surface area contributed by atoms with Crippen LogP contribution in [-0.2, 0) is 0 Å². The van der Waals surface area contributed by atoms with Crippen molar-refractivity contribution in [3.8, 4) is 0 Å². The third-order valence-corrected chi connectivity index (χ3v) is 5.99. The van der Waals surface area contributed by atoms with Crippen LogP contribution >= 0.6 is 46.8 Å². The van der Waals surface area contributed by atoms with Gasteiger partial charge in [-0.3, -0.25) is 20.2 Å². The number of nitrogens with one attached hydrogen (secondary N) is 3. The summed E-state index contributed by atoms with van der Waals surface area (Å²) in [6, 6.07) is 13.3. The summed E-state index contributed by atoms with van der Waals surface area (Å²) < 4.78 is 5.88. The maximum Gasteiger partial charge on any atom is 0.293 e. The number of rotatable bonds is 4. The number of halogens is 2. The van der Waals surface area contributed by atoms with Gasteiger partial charge in [-0.1, -0.05) is 40.6 Å². The Morgan fingerprint density at radius 1 is 1.03 bits per heavy atom. The van der Waals surface area contributed by atoms with Crippen molar-refractivity contribution in [2.45, 2.75) is 0 Å². The first-order chi connectivity index (χ1) is 14.9. The summed E-state index contributed by atoms with van der Waals surface area (Å²) in [5, 5.41) is 9.16. The predicted octanol–water partition coefficient (Wildman–Crippen LogP) is 5.58. The highest BCUT2D eigenvalue weighted by Crippen LogP contribution is 2.29. The number of fused-ring (bicyclic) bond motifs is 1. The number of nitrogens with zero attached hydrogens (tertiary/aromatic N) is 1. The summed E-state index contributed by atoms with van der Waals surface area (Å²) in [4.78, 5) is 28.9. The summed E-state index contributed by atoms with van der Waals surface area (Å²) in [6.45, 7) is 0. The van der Waals surface area contributed by atoms with E-state index in [1.54, 1.807) is 48.5 Å². The van der Waals surface area contributed by atoms with Crippen LogP contribution in [0.5, 0.6) is 0 Å². The molecule has 11 heteroatoms. The van der Waals surface area contributed by atoms with E-state index in [1.807, 2.05) is 0 Å². The molecule has 0 atom stereocenters. The predicted molar refractivity (Wildman–Crippen MR) is 126 cm³/mol. The van der Waals surface area contributed by atoms with Crippen molar-refractivity contribution in [3.63, 3.8) is 0 Å². The number of anilines is 2. The summed E-state index contributed by atoms with van der Waals surface area (Å²) in [5.74, 6) is -0.666. The number of thiazole rings is 1. The molecule has 0 aliphatic heterocycles. The Morgan fingerprint density at radius 3 is 2.65 bits per heavy atom. The molecule has 0 aliphatic rings. The van der Waals surface area contributed by atoms with Gasteiger partial charge in [0.05, 0.1) is 32.1 Å². The highest BCUT2D eigenvalue weighted by atomic mass is 35.5. The lowest BCUT2D eigenvalue weighted by molar-refractivity contribution is 0.0975. The third kappa shape index (κ3) is 4.86. The van der Waals surface area contributed by atoms with E-state index in [2.05, 4.69) is 20.9 Å². The average molecular weight is 491 g/mol. The van der Waals surface area contributed by atoms with Gasteiger partial charge in [0, 0.05) is 5.69 Å². The average Bonchev–Trinajstić information content (AvgIpc) is 3.39. The molecule has 0 unspecified atom stereocenters. The molecule has 2 aromatic carbocycles. The summed E-state index contributed by atoms with van der Waals surface area (Å²) in [5.41, 5.74) is 1.56. The Morgan fingerprint density at radius 2 is 1.87 bits per heavy atom. The van der Waals surface area contributed by atoms with Gasteiger partial charge in [0.15, 0.2) is 16.0 Å². The van der Waals surface area contributed by atoms with Gasteiger partial charge in [-0.15, -0.1) is 0 Å². The minimum atomic E-state index is -0.480. The van der Waals surface area contributed by atoms with Gasteiger partial charge in [0.25, 0.3) is 11.8 Å². The Balaban J connectivity index is 1.43. The molecule has 0 radical (unpaired) electrons. The summed E-state index contributed by atoms with van der Waals surface area (Å²) in [7, 11) is 0. The van der Waals surface area contributed by atoms with Gasteiger partial charge < -0.3 is 9.73 Å². The van der Waals surface area contributed by atoms with E-state index in [-0.39, 0.29) is 32.4 Å². The summed E-state index contributed by atoms with van der Waals surface area (Å²) >= 11 is 18.5. The third-order valence-electron chi connectivity index (χ3n) is 4.04. The Bertz CT molecular complexity index is 1310. The molecule has 2 aromatic heterocycles. The second kappa shape index (κ2) is 9.03. The first-order valence-electron chi connectivity index (χ1n) is 8.72. The number of furan rings is 1. The molecule has 0 spiro atoms. The highest BCUT2D eigenvalue weighted by molar-refractivity contribution is 7.80. The van der Waals surface area contributed by atoms with Crippen molar-refractivity contribution >= 4 is 84.7 Å². The molecule has 0 saturated heterocycles. The maximum absolute atomic E-state index is 12.4. The fourth-order valence-electron chi connectivity index (χ4n) is 2.63. The first kappa shape index (κ1) is 21.3. The number of hydrogen-bond acceptors (Lipinski definition) is 6. The van der Waals surface area contributed by atoms with E-state index < -0.39 is 5.91 Å². The lowest BCUT2D eigenvalue weighted by atomic mass is 10.2. The molecule has 4 rings (SSSR count). The second-order valence-corrected chi connectivity index (χ2v) is 8.37. The number of amides is 2. The highest BCUT2D eigenvalue weighted by Gasteiger charge is 2.15. The minimum absolute atomic E-state index is 0.0938. The molecule has 4 aromatic rings. The molecule has 0 aliphatic carbocycles. The van der Waals surface area contributed by atoms with E-state index in [0.717, 1.165) is 4.70 Å². The normalized spacial score (nSPS) is 10.6. The van der Waals surface area contributed by atoms with Crippen molar-refractivity contribution in [3.05, 3.63) is 76.2 Å². The van der Waals surface area contributed by atoms with Crippen molar-refractivity contribution in [2.75, 3.05) is 10.6 Å². The number of carbonyl (C=O) groups excluding carboxylic acids is 2. The zero-order valence-electron chi connectivity index (χ0n) is 15.4. The van der Waals surface area contributed by atoms with E-state index >= 15 is 0 Å². The number of benzene rings is 2. The Hall–Kier alpha value is -2.98. The molecule has 3 N–H and O–H groups in total. The van der Waals surface area contributed by atoms with Crippen molar-refractivity contribution in [1.29, 1.82) is 0 Å². The van der Waals surface area contributed by atoms with E-state index in [4.69, 9.17) is 39.8 Å². The van der Waals surface area contributed by atoms with Gasteiger partial charge in [0.2, 0.25) is 0 Å². The second-order valence-electron chi connectivity index (χ2n) is 6.14. The van der Waals surface area contributed by atoms with Crippen LogP contribution in [0.25, 0.3) is 10.2 Å². The van der Waals surface area contributed by atoms with Crippen LogP contribution in [0, 0.1) is 0 Å². The smallest absolute Gasteiger partial charge is 0.293 e.